The first-order chi connectivity index (χ1) is 14.1. The first-order valence-electron chi connectivity index (χ1n) is 9.93. The first kappa shape index (κ1) is 21.4. The molecule has 9 atom stereocenters. The minimum Gasteiger partial charge on any atom is -0.457 e. The van der Waals surface area contributed by atoms with Crippen LogP contribution < -0.4 is 0 Å². The predicted octanol–water partition coefficient (Wildman–Crippen LogP) is -0.865. The average molecular weight is 422 g/mol. The number of carbonyl (C=O) groups is 2. The molecule has 164 valence electrons. The van der Waals surface area contributed by atoms with Crippen molar-refractivity contribution >= 4 is 11.8 Å². The Balaban J connectivity index is 1.67. The van der Waals surface area contributed by atoms with Gasteiger partial charge in [-0.3, -0.25) is 4.79 Å². The van der Waals surface area contributed by atoms with Gasteiger partial charge in [0.15, 0.2) is 12.1 Å². The number of ketones is 1. The lowest BCUT2D eigenvalue weighted by molar-refractivity contribution is -0.314. The minimum atomic E-state index is -1.59. The molecule has 2 heterocycles. The second kappa shape index (κ2) is 7.67. The summed E-state index contributed by atoms with van der Waals surface area (Å²) in [6.45, 7) is 6.89. The van der Waals surface area contributed by atoms with Crippen molar-refractivity contribution in [2.75, 3.05) is 6.61 Å². The van der Waals surface area contributed by atoms with Gasteiger partial charge >= 0.3 is 5.97 Å². The molecule has 0 saturated carbocycles. The molecule has 0 aromatic heterocycles. The molecule has 4 rings (SSSR count). The zero-order valence-corrected chi connectivity index (χ0v) is 16.7. The van der Waals surface area contributed by atoms with Gasteiger partial charge < -0.3 is 34.6 Å². The highest BCUT2D eigenvalue weighted by molar-refractivity contribution is 6.09. The van der Waals surface area contributed by atoms with E-state index in [-0.39, 0.29) is 17.8 Å². The number of carbonyl (C=O) groups excluding carboxylic acids is 2. The molecule has 2 saturated heterocycles. The summed E-state index contributed by atoms with van der Waals surface area (Å²) in [7, 11) is 0. The fourth-order valence-electron chi connectivity index (χ4n) is 5.00. The van der Waals surface area contributed by atoms with E-state index >= 15 is 0 Å². The second-order valence-corrected chi connectivity index (χ2v) is 8.42. The first-order valence-corrected chi connectivity index (χ1v) is 9.93. The van der Waals surface area contributed by atoms with Gasteiger partial charge in [0, 0.05) is 17.1 Å². The van der Waals surface area contributed by atoms with Gasteiger partial charge in [-0.1, -0.05) is 17.7 Å². The Morgan fingerprint density at radius 1 is 1.17 bits per heavy atom. The van der Waals surface area contributed by atoms with E-state index < -0.39 is 67.3 Å². The standard InChI is InChI=1S/C21H26O9/c1-7-4-10(23)13-8(2)5-11(15-9(3)20(27)30-19(15)14(7)13)28-21-18(26)17(25)16(24)12(6-22)29-21/h4,11-12,14-19,21-22,24-26H,3,5-6H2,1-2H3/t11-,12+,14-,15+,16+,17-,18+,19+,21+/m0/s1. The lowest BCUT2D eigenvalue weighted by atomic mass is 9.82. The molecule has 9 nitrogen and oxygen atoms in total. The predicted molar refractivity (Wildman–Crippen MR) is 101 cm³/mol. The highest BCUT2D eigenvalue weighted by Crippen LogP contribution is 2.48. The van der Waals surface area contributed by atoms with Crippen molar-refractivity contribution in [2.24, 2.45) is 11.8 Å². The highest BCUT2D eigenvalue weighted by atomic mass is 16.7. The Morgan fingerprint density at radius 2 is 1.87 bits per heavy atom. The maximum absolute atomic E-state index is 12.6. The molecule has 0 bridgehead atoms. The minimum absolute atomic E-state index is 0.129. The van der Waals surface area contributed by atoms with Crippen LogP contribution in [0.4, 0.5) is 0 Å². The molecule has 30 heavy (non-hydrogen) atoms. The summed E-state index contributed by atoms with van der Waals surface area (Å²) in [5.74, 6) is -1.69. The summed E-state index contributed by atoms with van der Waals surface area (Å²) in [5.41, 5.74) is 2.34. The van der Waals surface area contributed by atoms with Crippen molar-refractivity contribution in [3.05, 3.63) is 34.9 Å². The number of ether oxygens (including phenoxy) is 3. The van der Waals surface area contributed by atoms with Crippen LogP contribution in [-0.2, 0) is 23.8 Å². The van der Waals surface area contributed by atoms with Gasteiger partial charge in [0.1, 0.15) is 30.5 Å². The van der Waals surface area contributed by atoms with E-state index in [4.69, 9.17) is 14.2 Å². The largest absolute Gasteiger partial charge is 0.457 e. The molecule has 2 aliphatic carbocycles. The summed E-state index contributed by atoms with van der Waals surface area (Å²) in [5, 5.41) is 39.8. The number of rotatable bonds is 3. The van der Waals surface area contributed by atoms with Crippen LogP contribution in [0.2, 0.25) is 0 Å². The third-order valence-electron chi connectivity index (χ3n) is 6.54. The van der Waals surface area contributed by atoms with Crippen molar-refractivity contribution in [3.63, 3.8) is 0 Å². The fourth-order valence-corrected chi connectivity index (χ4v) is 5.00. The third-order valence-corrected chi connectivity index (χ3v) is 6.54. The lowest BCUT2D eigenvalue weighted by Gasteiger charge is -2.41. The van der Waals surface area contributed by atoms with Gasteiger partial charge in [-0.2, -0.15) is 0 Å². The number of hydrogen-bond acceptors (Lipinski definition) is 9. The average Bonchev–Trinajstić information content (AvgIpc) is 3.11. The highest BCUT2D eigenvalue weighted by Gasteiger charge is 2.54. The van der Waals surface area contributed by atoms with E-state index in [9.17, 15) is 30.0 Å². The molecule has 0 spiro atoms. The maximum atomic E-state index is 12.6. The van der Waals surface area contributed by atoms with E-state index in [1.165, 1.54) is 0 Å². The van der Waals surface area contributed by atoms with Crippen LogP contribution in [0.3, 0.4) is 0 Å². The Hall–Kier alpha value is -1.88. The molecular weight excluding hydrogens is 396 g/mol. The van der Waals surface area contributed by atoms with Gasteiger partial charge in [0.25, 0.3) is 0 Å². The molecule has 0 unspecified atom stereocenters. The van der Waals surface area contributed by atoms with E-state index in [0.29, 0.717) is 5.57 Å². The van der Waals surface area contributed by atoms with Crippen LogP contribution in [0.5, 0.6) is 0 Å². The molecule has 2 aliphatic heterocycles. The Kier molecular flexibility index (Phi) is 5.46. The van der Waals surface area contributed by atoms with Crippen LogP contribution in [0.1, 0.15) is 20.3 Å². The van der Waals surface area contributed by atoms with Gasteiger partial charge in [-0.15, -0.1) is 0 Å². The van der Waals surface area contributed by atoms with Crippen molar-refractivity contribution in [3.8, 4) is 0 Å². The summed E-state index contributed by atoms with van der Waals surface area (Å²) in [4.78, 5) is 24.9. The van der Waals surface area contributed by atoms with Crippen molar-refractivity contribution in [1.29, 1.82) is 0 Å². The summed E-state index contributed by atoms with van der Waals surface area (Å²) < 4.78 is 17.1. The Morgan fingerprint density at radius 3 is 2.53 bits per heavy atom. The SMILES string of the molecule is C=C1C(=O)O[C@@H]2[C@H]3C(C)=CC(=O)C3=C(C)C[C@H](O[C@@H]3O[C@H](CO)[C@@H](O)[C@H](O)[C@H]3O)[C@@H]12. The number of aliphatic hydroxyl groups excluding tert-OH is 4. The molecule has 0 amide bonds. The van der Waals surface area contributed by atoms with Gasteiger partial charge in [0.2, 0.25) is 0 Å². The molecule has 4 N–H and O–H groups in total. The van der Waals surface area contributed by atoms with Crippen LogP contribution in [-0.4, -0.2) is 81.7 Å². The zero-order chi connectivity index (χ0) is 21.9. The topological polar surface area (TPSA) is 143 Å². The lowest BCUT2D eigenvalue weighted by Crippen LogP contribution is -2.60. The van der Waals surface area contributed by atoms with Gasteiger partial charge in [0.05, 0.1) is 18.6 Å². The van der Waals surface area contributed by atoms with Crippen LogP contribution in [0.15, 0.2) is 34.9 Å². The van der Waals surface area contributed by atoms with Crippen molar-refractivity contribution in [2.45, 2.75) is 63.2 Å². The quantitative estimate of drug-likeness (QED) is 0.337. The van der Waals surface area contributed by atoms with E-state index in [1.54, 1.807) is 6.08 Å². The second-order valence-electron chi connectivity index (χ2n) is 8.42. The normalized spacial score (nSPS) is 43.9. The maximum Gasteiger partial charge on any atom is 0.334 e. The monoisotopic (exact) mass is 422 g/mol. The number of hydrogen-bond donors (Lipinski definition) is 4. The van der Waals surface area contributed by atoms with Crippen molar-refractivity contribution < 1.29 is 44.2 Å². The molecule has 2 fully saturated rings. The fraction of sp³-hybridized carbons (Fsp3) is 0.619. The molecule has 4 aliphatic rings. The summed E-state index contributed by atoms with van der Waals surface area (Å²) in [6.07, 6.45) is -6.78. The number of allylic oxidation sites excluding steroid dienone is 1. The molecule has 0 radical (unpaired) electrons. The number of fused-ring (bicyclic) bond motifs is 3. The van der Waals surface area contributed by atoms with Gasteiger partial charge in [-0.25, -0.2) is 4.79 Å². The zero-order valence-electron chi connectivity index (χ0n) is 16.7. The van der Waals surface area contributed by atoms with Crippen LogP contribution in [0.25, 0.3) is 0 Å². The van der Waals surface area contributed by atoms with Gasteiger partial charge in [-0.05, 0) is 26.3 Å². The summed E-state index contributed by atoms with van der Waals surface area (Å²) in [6, 6.07) is 0. The Labute approximate surface area is 173 Å². The molecular formula is C21H26O9. The number of esters is 1. The third kappa shape index (κ3) is 3.17. The summed E-state index contributed by atoms with van der Waals surface area (Å²) >= 11 is 0. The van der Waals surface area contributed by atoms with E-state index in [1.807, 2.05) is 13.8 Å². The van der Waals surface area contributed by atoms with E-state index in [2.05, 4.69) is 6.58 Å². The Bertz CT molecular complexity index is 841. The number of aliphatic hydroxyl groups is 4. The van der Waals surface area contributed by atoms with E-state index in [0.717, 1.165) is 11.1 Å². The molecule has 9 heteroatoms. The molecule has 0 aromatic carbocycles. The van der Waals surface area contributed by atoms with Crippen LogP contribution >= 0.6 is 0 Å². The van der Waals surface area contributed by atoms with Crippen molar-refractivity contribution in [1.82, 2.24) is 0 Å². The van der Waals surface area contributed by atoms with Crippen LogP contribution in [0, 0.1) is 11.8 Å². The molecule has 0 aromatic rings. The smallest absolute Gasteiger partial charge is 0.334 e.